The lowest BCUT2D eigenvalue weighted by atomic mass is 9.76. The fourth-order valence-corrected chi connectivity index (χ4v) is 8.51. The van der Waals surface area contributed by atoms with E-state index in [0.717, 1.165) is 59.9 Å². The Bertz CT molecular complexity index is 1990. The summed E-state index contributed by atoms with van der Waals surface area (Å²) in [5.74, 6) is -6.17. The molecule has 13 heteroatoms. The van der Waals surface area contributed by atoms with Crippen LogP contribution in [0.1, 0.15) is 49.7 Å². The lowest BCUT2D eigenvalue weighted by molar-refractivity contribution is -0.235. The van der Waals surface area contributed by atoms with Gasteiger partial charge in [-0.15, -0.1) is 0 Å². The molecule has 0 bridgehead atoms. The first-order chi connectivity index (χ1) is 25.9. The van der Waals surface area contributed by atoms with Gasteiger partial charge in [0.15, 0.2) is 0 Å². The smallest absolute Gasteiger partial charge is 0.403 e. The highest BCUT2D eigenvalue weighted by atomic mass is 19.4. The molecule has 3 aliphatic heterocycles. The van der Waals surface area contributed by atoms with Crippen LogP contribution in [-0.2, 0) is 27.2 Å². The molecule has 3 fully saturated rings. The summed E-state index contributed by atoms with van der Waals surface area (Å²) >= 11 is 0. The molecular formula is C41H45F5N4O4. The fraction of sp³-hybridized carbons (Fsp3) is 0.488. The fourth-order valence-electron chi connectivity index (χ4n) is 8.51. The number of aliphatic carboxylic acids is 1. The van der Waals surface area contributed by atoms with Crippen LogP contribution in [0, 0.1) is 5.41 Å². The number of ether oxygens (including phenoxy) is 1. The van der Waals surface area contributed by atoms with Gasteiger partial charge in [0.2, 0.25) is 5.91 Å². The number of carboxylic acids is 1. The molecule has 54 heavy (non-hydrogen) atoms. The van der Waals surface area contributed by atoms with Gasteiger partial charge >= 0.3 is 12.1 Å². The first kappa shape index (κ1) is 38.1. The molecule has 3 aliphatic rings. The van der Waals surface area contributed by atoms with E-state index in [1.54, 1.807) is 18.3 Å². The summed E-state index contributed by atoms with van der Waals surface area (Å²) in [7, 11) is 0. The molecular weight excluding hydrogens is 707 g/mol. The van der Waals surface area contributed by atoms with Crippen LogP contribution < -0.4 is 5.32 Å². The molecule has 3 saturated heterocycles. The number of rotatable bonds is 11. The van der Waals surface area contributed by atoms with Gasteiger partial charge in [-0.1, -0.05) is 55.0 Å². The van der Waals surface area contributed by atoms with E-state index in [1.165, 1.54) is 29.7 Å². The second-order valence-corrected chi connectivity index (χ2v) is 15.0. The standard InChI is InChI=1S/C41H45F5N4O4/c42-40(43)26-54-25-35(40)50-21-15-39(16-22-50,41(44,45)46)38(53)48-34(37(51)52)24-29-8-4-10-31-30(29)9-5-11-32(31)36-33-23-27(12-13-28(33)14-17-47-36)7-6-20-49-18-2-1-3-19-49/h4-5,8-14,17,23,34-35H,1-3,6-7,15-16,18-22,24-26H2,(H,48,53)(H,51,52)/t34-,35+/m0/s1. The van der Waals surface area contributed by atoms with E-state index in [4.69, 9.17) is 9.72 Å². The average molecular weight is 753 g/mol. The largest absolute Gasteiger partial charge is 0.480 e. The van der Waals surface area contributed by atoms with E-state index in [1.807, 2.05) is 30.3 Å². The van der Waals surface area contributed by atoms with Crippen molar-refractivity contribution in [2.45, 2.75) is 75.5 Å². The van der Waals surface area contributed by atoms with Gasteiger partial charge in [0.05, 0.1) is 18.3 Å². The number of carbonyl (C=O) groups is 2. The highest BCUT2D eigenvalue weighted by molar-refractivity contribution is 6.05. The topological polar surface area (TPSA) is 95.0 Å². The Labute approximate surface area is 310 Å². The third-order valence-electron chi connectivity index (χ3n) is 11.6. The molecule has 0 spiro atoms. The molecule has 8 nitrogen and oxygen atoms in total. The number of nitrogens with one attached hydrogen (secondary N) is 1. The number of nitrogens with zero attached hydrogens (tertiary/aromatic N) is 3. The number of halogens is 5. The molecule has 1 amide bonds. The monoisotopic (exact) mass is 752 g/mol. The molecule has 288 valence electrons. The number of likely N-dealkylation sites (tertiary alicyclic amines) is 2. The average Bonchev–Trinajstić information content (AvgIpc) is 3.52. The van der Waals surface area contributed by atoms with Crippen molar-refractivity contribution >= 4 is 33.4 Å². The predicted octanol–water partition coefficient (Wildman–Crippen LogP) is 7.26. The van der Waals surface area contributed by atoms with Crippen LogP contribution in [0.25, 0.3) is 32.8 Å². The van der Waals surface area contributed by atoms with Gasteiger partial charge in [0, 0.05) is 36.7 Å². The normalized spacial score (nSPS) is 21.3. The van der Waals surface area contributed by atoms with E-state index in [9.17, 15) is 36.6 Å². The highest BCUT2D eigenvalue weighted by Gasteiger charge is 2.62. The zero-order chi connectivity index (χ0) is 38.1. The van der Waals surface area contributed by atoms with Crippen molar-refractivity contribution in [2.24, 2.45) is 5.41 Å². The number of amides is 1. The Hall–Kier alpha value is -4.20. The predicted molar refractivity (Wildman–Crippen MR) is 195 cm³/mol. The van der Waals surface area contributed by atoms with Crippen molar-refractivity contribution in [2.75, 3.05) is 45.9 Å². The minimum atomic E-state index is -5.03. The van der Waals surface area contributed by atoms with Crippen LogP contribution in [-0.4, -0.2) is 102 Å². The lowest BCUT2D eigenvalue weighted by Gasteiger charge is -2.44. The van der Waals surface area contributed by atoms with E-state index in [2.05, 4.69) is 28.4 Å². The zero-order valence-corrected chi connectivity index (χ0v) is 30.0. The maximum atomic E-state index is 14.7. The van der Waals surface area contributed by atoms with E-state index < -0.39 is 74.0 Å². The molecule has 0 unspecified atom stereocenters. The number of piperidine rings is 2. The van der Waals surface area contributed by atoms with Crippen LogP contribution >= 0.6 is 0 Å². The Morgan fingerprint density at radius 1 is 0.944 bits per heavy atom. The molecule has 0 radical (unpaired) electrons. The number of fused-ring (bicyclic) bond motifs is 2. The number of pyridine rings is 1. The molecule has 7 rings (SSSR count). The number of aryl methyl sites for hydroxylation is 1. The van der Waals surface area contributed by atoms with E-state index in [-0.39, 0.29) is 13.0 Å². The first-order valence-electron chi connectivity index (χ1n) is 18.8. The maximum absolute atomic E-state index is 14.7. The summed E-state index contributed by atoms with van der Waals surface area (Å²) in [5, 5.41) is 15.9. The van der Waals surface area contributed by atoms with Gasteiger partial charge in [-0.3, -0.25) is 14.7 Å². The number of benzene rings is 3. The molecule has 1 aromatic heterocycles. The third-order valence-corrected chi connectivity index (χ3v) is 11.6. The summed E-state index contributed by atoms with van der Waals surface area (Å²) in [5.41, 5.74) is 0.395. The molecule has 3 aromatic carbocycles. The molecule has 0 saturated carbocycles. The van der Waals surface area contributed by atoms with Gasteiger partial charge in [0.25, 0.3) is 5.92 Å². The molecule has 2 atom stereocenters. The van der Waals surface area contributed by atoms with Crippen molar-refractivity contribution in [1.29, 1.82) is 0 Å². The molecule has 4 heterocycles. The SMILES string of the molecule is O=C(O)[C@H](Cc1cccc2c(-c3nccc4ccc(CCCN5CCCCC5)cc34)cccc12)NC(=O)C1(C(F)(F)F)CCN([C@@H]2COCC2(F)F)CC1. The van der Waals surface area contributed by atoms with Crippen LogP contribution in [0.15, 0.2) is 66.9 Å². The van der Waals surface area contributed by atoms with Crippen molar-refractivity contribution in [1.82, 2.24) is 20.1 Å². The van der Waals surface area contributed by atoms with Gasteiger partial charge in [-0.25, -0.2) is 13.6 Å². The molecule has 4 aromatic rings. The second-order valence-electron chi connectivity index (χ2n) is 15.0. The number of hydrogen-bond acceptors (Lipinski definition) is 6. The molecule has 2 N–H and O–H groups in total. The van der Waals surface area contributed by atoms with Crippen LogP contribution in [0.3, 0.4) is 0 Å². The van der Waals surface area contributed by atoms with Crippen molar-refractivity contribution in [3.63, 3.8) is 0 Å². The lowest BCUT2D eigenvalue weighted by Crippen LogP contribution is -2.61. The maximum Gasteiger partial charge on any atom is 0.403 e. The van der Waals surface area contributed by atoms with Crippen molar-refractivity contribution < 1.29 is 41.4 Å². The third kappa shape index (κ3) is 7.67. The summed E-state index contributed by atoms with van der Waals surface area (Å²) in [6.45, 7) is 1.42. The Morgan fingerprint density at radius 3 is 2.39 bits per heavy atom. The quantitative estimate of drug-likeness (QED) is 0.156. The summed E-state index contributed by atoms with van der Waals surface area (Å²) in [6, 6.07) is 16.3. The van der Waals surface area contributed by atoms with Gasteiger partial charge in [0.1, 0.15) is 18.1 Å². The van der Waals surface area contributed by atoms with Crippen LogP contribution in [0.2, 0.25) is 0 Å². The van der Waals surface area contributed by atoms with Crippen molar-refractivity contribution in [3.05, 3.63) is 78.0 Å². The number of carboxylic acid groups (broad SMARTS) is 1. The van der Waals surface area contributed by atoms with Gasteiger partial charge < -0.3 is 20.1 Å². The van der Waals surface area contributed by atoms with Crippen LogP contribution in [0.5, 0.6) is 0 Å². The molecule has 0 aliphatic carbocycles. The minimum Gasteiger partial charge on any atom is -0.480 e. The highest BCUT2D eigenvalue weighted by Crippen LogP contribution is 2.48. The Kier molecular flexibility index (Phi) is 10.9. The van der Waals surface area contributed by atoms with Gasteiger partial charge in [-0.2, -0.15) is 13.2 Å². The number of aromatic nitrogens is 1. The van der Waals surface area contributed by atoms with Crippen molar-refractivity contribution in [3.8, 4) is 11.3 Å². The summed E-state index contributed by atoms with van der Waals surface area (Å²) < 4.78 is 77.5. The van der Waals surface area contributed by atoms with E-state index in [0.29, 0.717) is 10.9 Å². The minimum absolute atomic E-state index is 0.280. The number of hydrogen-bond donors (Lipinski definition) is 2. The zero-order valence-electron chi connectivity index (χ0n) is 30.0. The Morgan fingerprint density at radius 2 is 1.69 bits per heavy atom. The van der Waals surface area contributed by atoms with Crippen LogP contribution in [0.4, 0.5) is 22.0 Å². The Balaban J connectivity index is 1.12. The van der Waals surface area contributed by atoms with E-state index >= 15 is 0 Å². The summed E-state index contributed by atoms with van der Waals surface area (Å²) in [6.07, 6.45) is 0.675. The van der Waals surface area contributed by atoms with Gasteiger partial charge in [-0.05, 0) is 97.6 Å². The number of alkyl halides is 5. The number of carbonyl (C=O) groups excluding carboxylic acids is 1. The summed E-state index contributed by atoms with van der Waals surface area (Å²) in [4.78, 5) is 34.6. The second kappa shape index (κ2) is 15.5. The first-order valence-corrected chi connectivity index (χ1v) is 18.8.